The van der Waals surface area contributed by atoms with E-state index in [-0.39, 0.29) is 12.1 Å². The van der Waals surface area contributed by atoms with Gasteiger partial charge in [-0.2, -0.15) is 0 Å². The predicted molar refractivity (Wildman–Crippen MR) is 79.6 cm³/mol. The molecule has 116 valence electrons. The second-order valence-corrected chi connectivity index (χ2v) is 6.66. The van der Waals surface area contributed by atoms with Gasteiger partial charge in [0.05, 0.1) is 6.10 Å². The van der Waals surface area contributed by atoms with E-state index in [4.69, 9.17) is 0 Å². The molecule has 2 N–H and O–H groups in total. The smallest absolute Gasteiger partial charge is 0.317 e. The molecular weight excluding hydrogens is 254 g/mol. The van der Waals surface area contributed by atoms with E-state index in [1.807, 2.05) is 13.8 Å². The zero-order valence-corrected chi connectivity index (χ0v) is 13.0. The summed E-state index contributed by atoms with van der Waals surface area (Å²) in [5, 5.41) is 12.5. The molecule has 0 bridgehead atoms. The molecule has 0 radical (unpaired) electrons. The van der Waals surface area contributed by atoms with Crippen molar-refractivity contribution in [3.63, 3.8) is 0 Å². The Hall–Kier alpha value is -0.810. The van der Waals surface area contributed by atoms with Crippen molar-refractivity contribution in [2.45, 2.75) is 58.2 Å². The molecule has 2 rings (SSSR count). The Morgan fingerprint density at radius 2 is 2.05 bits per heavy atom. The van der Waals surface area contributed by atoms with Crippen molar-refractivity contribution in [2.75, 3.05) is 26.2 Å². The largest absolute Gasteiger partial charge is 0.392 e. The summed E-state index contributed by atoms with van der Waals surface area (Å²) in [4.78, 5) is 16.5. The van der Waals surface area contributed by atoms with Gasteiger partial charge in [-0.25, -0.2) is 4.79 Å². The van der Waals surface area contributed by atoms with Crippen LogP contribution in [-0.2, 0) is 0 Å². The van der Waals surface area contributed by atoms with Crippen LogP contribution in [0.1, 0.15) is 40.0 Å². The van der Waals surface area contributed by atoms with Crippen LogP contribution in [0.4, 0.5) is 4.79 Å². The first-order valence-corrected chi connectivity index (χ1v) is 7.94. The zero-order chi connectivity index (χ0) is 14.7. The molecule has 2 fully saturated rings. The first kappa shape index (κ1) is 15.6. The predicted octanol–water partition coefficient (Wildman–Crippen LogP) is 1.27. The molecule has 1 saturated heterocycles. The second-order valence-electron chi connectivity index (χ2n) is 6.66. The van der Waals surface area contributed by atoms with Gasteiger partial charge >= 0.3 is 6.03 Å². The van der Waals surface area contributed by atoms with Gasteiger partial charge in [0.1, 0.15) is 0 Å². The van der Waals surface area contributed by atoms with Gasteiger partial charge in [-0.3, -0.25) is 0 Å². The summed E-state index contributed by atoms with van der Waals surface area (Å²) in [6.07, 6.45) is 3.41. The van der Waals surface area contributed by atoms with E-state index >= 15 is 0 Å². The Kier molecular flexibility index (Phi) is 5.27. The Bertz CT molecular complexity index is 329. The molecular formula is C15H29N3O2. The van der Waals surface area contributed by atoms with Crippen LogP contribution in [-0.4, -0.2) is 65.3 Å². The fraction of sp³-hybridized carbons (Fsp3) is 0.933. The number of hydrogen-bond donors (Lipinski definition) is 2. The lowest BCUT2D eigenvalue weighted by atomic mass is 10.1. The summed E-state index contributed by atoms with van der Waals surface area (Å²) in [5.74, 6) is 0.583. The highest BCUT2D eigenvalue weighted by Crippen LogP contribution is 2.31. The van der Waals surface area contributed by atoms with Gasteiger partial charge in [0.2, 0.25) is 0 Å². The highest BCUT2D eigenvalue weighted by Gasteiger charge is 2.34. The number of aliphatic hydroxyl groups excluding tert-OH is 1. The molecule has 0 aromatic carbocycles. The summed E-state index contributed by atoms with van der Waals surface area (Å²) in [5.41, 5.74) is 0. The number of rotatable bonds is 6. The maximum absolute atomic E-state index is 12.2. The SMILES string of the molecule is CC(O)CN(C(=O)NCC1CCN(C2CC2)C1)C(C)C. The first-order chi connectivity index (χ1) is 9.47. The van der Waals surface area contributed by atoms with Crippen LogP contribution in [0.2, 0.25) is 0 Å². The van der Waals surface area contributed by atoms with Crippen molar-refractivity contribution in [3.8, 4) is 0 Å². The molecule has 1 saturated carbocycles. The minimum absolute atomic E-state index is 0.0502. The maximum Gasteiger partial charge on any atom is 0.317 e. The number of aliphatic hydroxyl groups is 1. The van der Waals surface area contributed by atoms with Crippen molar-refractivity contribution in [1.82, 2.24) is 15.1 Å². The molecule has 1 aliphatic carbocycles. The first-order valence-electron chi connectivity index (χ1n) is 7.94. The van der Waals surface area contributed by atoms with Crippen LogP contribution in [0.5, 0.6) is 0 Å². The number of nitrogens with zero attached hydrogens (tertiary/aromatic N) is 2. The molecule has 2 amide bonds. The quantitative estimate of drug-likeness (QED) is 0.772. The van der Waals surface area contributed by atoms with Gasteiger partial charge < -0.3 is 20.2 Å². The van der Waals surface area contributed by atoms with Crippen molar-refractivity contribution in [3.05, 3.63) is 0 Å². The highest BCUT2D eigenvalue weighted by atomic mass is 16.3. The molecule has 20 heavy (non-hydrogen) atoms. The number of nitrogens with one attached hydrogen (secondary N) is 1. The monoisotopic (exact) mass is 283 g/mol. The average molecular weight is 283 g/mol. The third-order valence-corrected chi connectivity index (χ3v) is 4.27. The van der Waals surface area contributed by atoms with E-state index < -0.39 is 6.10 Å². The van der Waals surface area contributed by atoms with E-state index in [0.717, 1.165) is 19.1 Å². The summed E-state index contributed by atoms with van der Waals surface area (Å²) < 4.78 is 0. The van der Waals surface area contributed by atoms with Crippen molar-refractivity contribution in [1.29, 1.82) is 0 Å². The van der Waals surface area contributed by atoms with Gasteiger partial charge in [-0.15, -0.1) is 0 Å². The number of amides is 2. The highest BCUT2D eigenvalue weighted by molar-refractivity contribution is 5.74. The van der Waals surface area contributed by atoms with Gasteiger partial charge in [0.25, 0.3) is 0 Å². The maximum atomic E-state index is 12.2. The van der Waals surface area contributed by atoms with E-state index in [2.05, 4.69) is 10.2 Å². The Balaban J connectivity index is 1.72. The van der Waals surface area contributed by atoms with E-state index in [1.54, 1.807) is 11.8 Å². The second kappa shape index (κ2) is 6.76. The lowest BCUT2D eigenvalue weighted by Crippen LogP contribution is -2.48. The summed E-state index contributed by atoms with van der Waals surface area (Å²) in [6, 6.07) is 0.889. The minimum atomic E-state index is -0.486. The van der Waals surface area contributed by atoms with E-state index in [9.17, 15) is 9.90 Å². The Labute approximate surface area is 122 Å². The fourth-order valence-corrected chi connectivity index (χ4v) is 2.95. The van der Waals surface area contributed by atoms with Crippen LogP contribution in [0.15, 0.2) is 0 Å². The molecule has 2 unspecified atom stereocenters. The van der Waals surface area contributed by atoms with Crippen LogP contribution in [0, 0.1) is 5.92 Å². The molecule has 1 heterocycles. The van der Waals surface area contributed by atoms with Crippen molar-refractivity contribution < 1.29 is 9.90 Å². The molecule has 5 heteroatoms. The van der Waals surface area contributed by atoms with Gasteiger partial charge in [0, 0.05) is 31.7 Å². The summed E-state index contributed by atoms with van der Waals surface area (Å²) in [6.45, 7) is 9.13. The number of urea groups is 1. The van der Waals surface area contributed by atoms with Crippen LogP contribution < -0.4 is 5.32 Å². The van der Waals surface area contributed by atoms with E-state index in [0.29, 0.717) is 12.5 Å². The number of hydrogen-bond acceptors (Lipinski definition) is 3. The van der Waals surface area contributed by atoms with Gasteiger partial charge in [0.15, 0.2) is 0 Å². The van der Waals surface area contributed by atoms with Gasteiger partial charge in [-0.05, 0) is 52.5 Å². The molecule has 5 nitrogen and oxygen atoms in total. The molecule has 0 aromatic rings. The minimum Gasteiger partial charge on any atom is -0.392 e. The molecule has 2 aliphatic rings. The normalized spacial score (nSPS) is 24.9. The topological polar surface area (TPSA) is 55.8 Å². The molecule has 1 aliphatic heterocycles. The number of likely N-dealkylation sites (tertiary alicyclic amines) is 1. The average Bonchev–Trinajstić information content (AvgIpc) is 3.12. The van der Waals surface area contributed by atoms with E-state index in [1.165, 1.54) is 25.8 Å². The third-order valence-electron chi connectivity index (χ3n) is 4.27. The number of carbonyl (C=O) groups is 1. The summed E-state index contributed by atoms with van der Waals surface area (Å²) in [7, 11) is 0. The van der Waals surface area contributed by atoms with Crippen LogP contribution in [0.25, 0.3) is 0 Å². The zero-order valence-electron chi connectivity index (χ0n) is 13.0. The molecule has 0 aromatic heterocycles. The lowest BCUT2D eigenvalue weighted by Gasteiger charge is -2.28. The number of carbonyl (C=O) groups excluding carboxylic acids is 1. The van der Waals surface area contributed by atoms with Gasteiger partial charge in [-0.1, -0.05) is 0 Å². The Morgan fingerprint density at radius 1 is 1.35 bits per heavy atom. The lowest BCUT2D eigenvalue weighted by molar-refractivity contribution is 0.118. The molecule has 2 atom stereocenters. The van der Waals surface area contributed by atoms with Crippen molar-refractivity contribution >= 4 is 6.03 Å². The molecule has 0 spiro atoms. The standard InChI is InChI=1S/C15H29N3O2/c1-11(2)18(9-12(3)19)15(20)16-8-13-6-7-17(10-13)14-4-5-14/h11-14,19H,4-10H2,1-3H3,(H,16,20). The van der Waals surface area contributed by atoms with Crippen LogP contribution >= 0.6 is 0 Å². The third kappa shape index (κ3) is 4.35. The Morgan fingerprint density at radius 3 is 2.60 bits per heavy atom. The fourth-order valence-electron chi connectivity index (χ4n) is 2.95. The van der Waals surface area contributed by atoms with Crippen LogP contribution in [0.3, 0.4) is 0 Å². The summed E-state index contributed by atoms with van der Waals surface area (Å²) >= 11 is 0. The van der Waals surface area contributed by atoms with Crippen molar-refractivity contribution in [2.24, 2.45) is 5.92 Å².